The number of carbonyl (C=O) groups is 2. The number of carbonyl (C=O) groups excluding carboxylic acids is 1. The van der Waals surface area contributed by atoms with E-state index in [1.54, 1.807) is 4.90 Å². The average Bonchev–Trinajstić information content (AvgIpc) is 2.16. The maximum Gasteiger partial charge on any atom is 0.305 e. The molecule has 15 heavy (non-hydrogen) atoms. The van der Waals surface area contributed by atoms with Crippen LogP contribution in [0.25, 0.3) is 0 Å². The number of unbranched alkanes of at least 4 members (excludes halogenated alkanes) is 1. The molecule has 5 heteroatoms. The van der Waals surface area contributed by atoms with Crippen LogP contribution in [0.2, 0.25) is 0 Å². The van der Waals surface area contributed by atoms with E-state index in [0.29, 0.717) is 13.2 Å². The molecule has 0 bridgehead atoms. The molecule has 1 aliphatic heterocycles. The summed E-state index contributed by atoms with van der Waals surface area (Å²) in [4.78, 5) is 23.7. The summed E-state index contributed by atoms with van der Waals surface area (Å²) in [5, 5.41) is 8.70. The highest BCUT2D eigenvalue weighted by molar-refractivity contribution is 5.79. The number of nitrogens with zero attached hydrogens (tertiary/aromatic N) is 1. The van der Waals surface area contributed by atoms with Gasteiger partial charge in [-0.3, -0.25) is 9.59 Å². The highest BCUT2D eigenvalue weighted by atomic mass is 16.5. The Morgan fingerprint density at radius 1 is 1.67 bits per heavy atom. The van der Waals surface area contributed by atoms with Crippen LogP contribution in [0.4, 0.5) is 0 Å². The van der Waals surface area contributed by atoms with Gasteiger partial charge in [-0.2, -0.15) is 0 Å². The number of hydrogen-bond acceptors (Lipinski definition) is 3. The van der Waals surface area contributed by atoms with Gasteiger partial charge in [0.05, 0.1) is 19.1 Å². The first kappa shape index (κ1) is 12.0. The van der Waals surface area contributed by atoms with Gasteiger partial charge in [-0.05, 0) is 6.42 Å². The Morgan fingerprint density at radius 2 is 2.40 bits per heavy atom. The molecule has 1 rings (SSSR count). The fraction of sp³-hybridized carbons (Fsp3) is 0.800. The Bertz CT molecular complexity index is 242. The van der Waals surface area contributed by atoms with Crippen LogP contribution in [0.3, 0.4) is 0 Å². The summed E-state index contributed by atoms with van der Waals surface area (Å²) in [7, 11) is 0. The van der Waals surface area contributed by atoms with Gasteiger partial charge in [-0.1, -0.05) is 13.3 Å². The molecule has 1 heterocycles. The van der Waals surface area contributed by atoms with E-state index in [9.17, 15) is 9.59 Å². The predicted octanol–water partition coefficient (Wildman–Crippen LogP) is 0.489. The van der Waals surface area contributed by atoms with Crippen molar-refractivity contribution in [3.05, 3.63) is 0 Å². The second-order valence-electron chi connectivity index (χ2n) is 3.71. The number of carboxylic acids is 1. The van der Waals surface area contributed by atoms with Crippen molar-refractivity contribution in [2.75, 3.05) is 19.8 Å². The van der Waals surface area contributed by atoms with Crippen LogP contribution in [-0.2, 0) is 14.3 Å². The lowest BCUT2D eigenvalue weighted by molar-refractivity contribution is -0.152. The Labute approximate surface area is 89.0 Å². The van der Waals surface area contributed by atoms with E-state index in [1.807, 2.05) is 6.92 Å². The first-order chi connectivity index (χ1) is 7.15. The number of aliphatic carboxylic acids is 1. The molecule has 1 N–H and O–H groups in total. The van der Waals surface area contributed by atoms with Crippen LogP contribution in [-0.4, -0.2) is 47.7 Å². The van der Waals surface area contributed by atoms with Gasteiger partial charge in [0.15, 0.2) is 0 Å². The van der Waals surface area contributed by atoms with Gasteiger partial charge in [-0.25, -0.2) is 0 Å². The minimum absolute atomic E-state index is 0.0323. The molecular weight excluding hydrogens is 198 g/mol. The van der Waals surface area contributed by atoms with Crippen LogP contribution in [0.15, 0.2) is 0 Å². The monoisotopic (exact) mass is 215 g/mol. The summed E-state index contributed by atoms with van der Waals surface area (Å²) < 4.78 is 5.05. The van der Waals surface area contributed by atoms with Crippen molar-refractivity contribution in [2.24, 2.45) is 0 Å². The second-order valence-corrected chi connectivity index (χ2v) is 3.71. The first-order valence-corrected chi connectivity index (χ1v) is 5.24. The standard InChI is InChI=1S/C10H17NO4/c1-2-3-4-11-8(5-10(13)14)6-15-7-9(11)12/h8H,2-7H2,1H3,(H,13,14). The molecular formula is C10H17NO4. The Kier molecular flexibility index (Phi) is 4.55. The van der Waals surface area contributed by atoms with Gasteiger partial charge in [0, 0.05) is 6.54 Å². The van der Waals surface area contributed by atoms with Crippen molar-refractivity contribution >= 4 is 11.9 Å². The number of ether oxygens (including phenoxy) is 1. The van der Waals surface area contributed by atoms with Crippen LogP contribution >= 0.6 is 0 Å². The SMILES string of the molecule is CCCCN1C(=O)COCC1CC(=O)O. The maximum absolute atomic E-state index is 11.5. The van der Waals surface area contributed by atoms with E-state index in [1.165, 1.54) is 0 Å². The fourth-order valence-corrected chi connectivity index (χ4v) is 1.67. The summed E-state index contributed by atoms with van der Waals surface area (Å²) in [6.07, 6.45) is 1.86. The summed E-state index contributed by atoms with van der Waals surface area (Å²) >= 11 is 0. The van der Waals surface area contributed by atoms with Gasteiger partial charge < -0.3 is 14.7 Å². The lowest BCUT2D eigenvalue weighted by Crippen LogP contribution is -2.50. The molecule has 0 spiro atoms. The van der Waals surface area contributed by atoms with Crippen molar-refractivity contribution < 1.29 is 19.4 Å². The van der Waals surface area contributed by atoms with E-state index >= 15 is 0 Å². The summed E-state index contributed by atoms with van der Waals surface area (Å²) in [5.41, 5.74) is 0. The predicted molar refractivity (Wildman–Crippen MR) is 53.5 cm³/mol. The van der Waals surface area contributed by atoms with Crippen LogP contribution in [0.5, 0.6) is 0 Å². The summed E-state index contributed by atoms with van der Waals surface area (Å²) in [6, 6.07) is -0.296. The first-order valence-electron chi connectivity index (χ1n) is 5.24. The van der Waals surface area contributed by atoms with Crippen molar-refractivity contribution in [3.63, 3.8) is 0 Å². The Morgan fingerprint density at radius 3 is 3.00 bits per heavy atom. The molecule has 0 radical (unpaired) electrons. The smallest absolute Gasteiger partial charge is 0.305 e. The lowest BCUT2D eigenvalue weighted by Gasteiger charge is -2.34. The minimum atomic E-state index is -0.889. The van der Waals surface area contributed by atoms with Gasteiger partial charge in [0.1, 0.15) is 6.61 Å². The number of amides is 1. The Balaban J connectivity index is 2.55. The second kappa shape index (κ2) is 5.70. The third-order valence-electron chi connectivity index (χ3n) is 2.46. The van der Waals surface area contributed by atoms with Crippen molar-refractivity contribution in [2.45, 2.75) is 32.2 Å². The van der Waals surface area contributed by atoms with Crippen LogP contribution in [0.1, 0.15) is 26.2 Å². The zero-order chi connectivity index (χ0) is 11.3. The number of rotatable bonds is 5. The van der Waals surface area contributed by atoms with Gasteiger partial charge in [0.2, 0.25) is 5.91 Å². The molecule has 1 unspecified atom stereocenters. The largest absolute Gasteiger partial charge is 0.481 e. The molecule has 1 fully saturated rings. The van der Waals surface area contributed by atoms with E-state index < -0.39 is 5.97 Å². The maximum atomic E-state index is 11.5. The van der Waals surface area contributed by atoms with E-state index in [2.05, 4.69) is 0 Å². The molecule has 86 valence electrons. The fourth-order valence-electron chi connectivity index (χ4n) is 1.67. The van der Waals surface area contributed by atoms with E-state index in [4.69, 9.17) is 9.84 Å². The lowest BCUT2D eigenvalue weighted by atomic mass is 10.1. The molecule has 5 nitrogen and oxygen atoms in total. The van der Waals surface area contributed by atoms with E-state index in [0.717, 1.165) is 12.8 Å². The highest BCUT2D eigenvalue weighted by Crippen LogP contribution is 2.12. The third-order valence-corrected chi connectivity index (χ3v) is 2.46. The molecule has 1 amide bonds. The van der Waals surface area contributed by atoms with Gasteiger partial charge in [0.25, 0.3) is 0 Å². The van der Waals surface area contributed by atoms with Crippen molar-refractivity contribution in [1.82, 2.24) is 4.90 Å². The number of carboxylic acid groups (broad SMARTS) is 1. The normalized spacial score (nSPS) is 21.8. The highest BCUT2D eigenvalue weighted by Gasteiger charge is 2.29. The number of morpholine rings is 1. The quantitative estimate of drug-likeness (QED) is 0.724. The van der Waals surface area contributed by atoms with Gasteiger partial charge >= 0.3 is 5.97 Å². The Hall–Kier alpha value is -1.10. The molecule has 0 aromatic carbocycles. The zero-order valence-corrected chi connectivity index (χ0v) is 8.94. The van der Waals surface area contributed by atoms with E-state index in [-0.39, 0.29) is 25.0 Å². The summed E-state index contributed by atoms with van der Waals surface area (Å²) in [6.45, 7) is 3.09. The zero-order valence-electron chi connectivity index (χ0n) is 8.94. The summed E-state index contributed by atoms with van der Waals surface area (Å²) in [5.74, 6) is -0.985. The minimum Gasteiger partial charge on any atom is -0.481 e. The number of hydrogen-bond donors (Lipinski definition) is 1. The van der Waals surface area contributed by atoms with Crippen LogP contribution in [0, 0.1) is 0 Å². The van der Waals surface area contributed by atoms with Crippen molar-refractivity contribution in [1.29, 1.82) is 0 Å². The molecule has 1 atom stereocenters. The van der Waals surface area contributed by atoms with Crippen molar-refractivity contribution in [3.8, 4) is 0 Å². The molecule has 1 aliphatic rings. The topological polar surface area (TPSA) is 66.8 Å². The van der Waals surface area contributed by atoms with Crippen LogP contribution < -0.4 is 0 Å². The molecule has 0 aromatic heterocycles. The third kappa shape index (κ3) is 3.51. The molecule has 0 aliphatic carbocycles. The molecule has 1 saturated heterocycles. The van der Waals surface area contributed by atoms with Gasteiger partial charge in [-0.15, -0.1) is 0 Å². The average molecular weight is 215 g/mol. The molecule has 0 saturated carbocycles. The molecule has 0 aromatic rings.